The van der Waals surface area contributed by atoms with Gasteiger partial charge in [-0.1, -0.05) is 46.3 Å². The van der Waals surface area contributed by atoms with E-state index < -0.39 is 59.7 Å². The lowest BCUT2D eigenvalue weighted by atomic mass is 9.70. The molecule has 2 aromatic rings. The van der Waals surface area contributed by atoms with Gasteiger partial charge < -0.3 is 20.6 Å². The molecule has 3 saturated heterocycles. The molecular formula is C30H29BrF2N4O4. The fraction of sp³-hybridized carbons (Fsp3) is 0.467. The SMILES string of the molecule is N#C[C@@H](C[C@H]1CCCNC1=O)NC(=O)[C@@H]1[C@H]2CC[C@H](CC2(F)F)N1C(=O)[C@]1(O)c2ccccc2-c2ccc(Br)cc21. The number of nitriles is 1. The Morgan fingerprint density at radius 3 is 2.66 bits per heavy atom. The number of alkyl halides is 2. The van der Waals surface area contributed by atoms with Crippen LogP contribution in [0.5, 0.6) is 0 Å². The number of nitrogens with one attached hydrogen (secondary N) is 2. The van der Waals surface area contributed by atoms with E-state index in [1.807, 2.05) is 6.07 Å². The third-order valence-electron chi connectivity index (χ3n) is 9.12. The number of hydrogen-bond acceptors (Lipinski definition) is 5. The van der Waals surface area contributed by atoms with Gasteiger partial charge in [-0.2, -0.15) is 5.26 Å². The van der Waals surface area contributed by atoms with Crippen molar-refractivity contribution in [2.24, 2.45) is 11.8 Å². The summed E-state index contributed by atoms with van der Waals surface area (Å²) < 4.78 is 31.2. The molecule has 3 heterocycles. The van der Waals surface area contributed by atoms with Crippen LogP contribution in [0, 0.1) is 23.2 Å². The fourth-order valence-corrected chi connectivity index (χ4v) is 7.55. The van der Waals surface area contributed by atoms with E-state index in [-0.39, 0.29) is 25.2 Å². The van der Waals surface area contributed by atoms with Gasteiger partial charge in [-0.3, -0.25) is 14.4 Å². The van der Waals surface area contributed by atoms with Crippen LogP contribution in [-0.4, -0.2) is 58.3 Å². The Morgan fingerprint density at radius 1 is 1.17 bits per heavy atom. The van der Waals surface area contributed by atoms with E-state index in [4.69, 9.17) is 0 Å². The van der Waals surface area contributed by atoms with E-state index in [9.17, 15) is 24.8 Å². The lowest BCUT2D eigenvalue weighted by molar-refractivity contribution is -0.201. The second-order valence-electron chi connectivity index (χ2n) is 11.5. The quantitative estimate of drug-likeness (QED) is 0.468. The number of benzene rings is 2. The maximum Gasteiger partial charge on any atom is 0.264 e. The molecule has 7 rings (SSSR count). The Labute approximate surface area is 244 Å². The van der Waals surface area contributed by atoms with Crippen LogP contribution in [-0.2, 0) is 20.0 Å². The molecule has 2 aromatic carbocycles. The number of rotatable bonds is 5. The number of amides is 3. The van der Waals surface area contributed by atoms with Crippen LogP contribution in [0.4, 0.5) is 8.78 Å². The molecule has 0 spiro atoms. The average molecular weight is 627 g/mol. The minimum absolute atomic E-state index is 0.0267. The molecule has 3 amide bonds. The predicted molar refractivity (Wildman–Crippen MR) is 147 cm³/mol. The number of hydrogen-bond donors (Lipinski definition) is 3. The third-order valence-corrected chi connectivity index (χ3v) is 9.61. The Morgan fingerprint density at radius 2 is 1.93 bits per heavy atom. The molecule has 3 aliphatic heterocycles. The van der Waals surface area contributed by atoms with Gasteiger partial charge in [-0.15, -0.1) is 0 Å². The Balaban J connectivity index is 1.36. The molecule has 2 bridgehead atoms. The summed E-state index contributed by atoms with van der Waals surface area (Å²) >= 11 is 3.41. The molecule has 4 fully saturated rings. The molecule has 3 N–H and O–H groups in total. The van der Waals surface area contributed by atoms with E-state index in [1.165, 1.54) is 0 Å². The van der Waals surface area contributed by atoms with Crippen molar-refractivity contribution in [3.63, 3.8) is 0 Å². The molecule has 214 valence electrons. The van der Waals surface area contributed by atoms with E-state index in [1.54, 1.807) is 42.5 Å². The molecule has 0 radical (unpaired) electrons. The molecule has 5 aliphatic rings. The maximum absolute atomic E-state index is 15.3. The van der Waals surface area contributed by atoms with E-state index >= 15 is 8.78 Å². The Bertz CT molecular complexity index is 1480. The van der Waals surface area contributed by atoms with Gasteiger partial charge >= 0.3 is 0 Å². The summed E-state index contributed by atoms with van der Waals surface area (Å²) in [6.07, 6.45) is 1.01. The Kier molecular flexibility index (Phi) is 6.90. The van der Waals surface area contributed by atoms with E-state index in [2.05, 4.69) is 26.6 Å². The van der Waals surface area contributed by atoms with Crippen LogP contribution in [0.25, 0.3) is 11.1 Å². The number of aliphatic hydroxyl groups is 1. The highest BCUT2D eigenvalue weighted by Gasteiger charge is 2.63. The van der Waals surface area contributed by atoms with Crippen molar-refractivity contribution >= 4 is 33.7 Å². The Hall–Kier alpha value is -3.36. The fourth-order valence-electron chi connectivity index (χ4n) is 7.19. The van der Waals surface area contributed by atoms with Crippen LogP contribution in [0.3, 0.4) is 0 Å². The number of fused-ring (bicyclic) bond motifs is 6. The molecule has 2 aliphatic carbocycles. The van der Waals surface area contributed by atoms with Crippen LogP contribution >= 0.6 is 15.9 Å². The molecule has 0 aromatic heterocycles. The highest BCUT2D eigenvalue weighted by molar-refractivity contribution is 9.10. The van der Waals surface area contributed by atoms with Gasteiger partial charge in [-0.05, 0) is 55.4 Å². The highest BCUT2D eigenvalue weighted by atomic mass is 79.9. The van der Waals surface area contributed by atoms with Crippen molar-refractivity contribution in [1.29, 1.82) is 5.26 Å². The van der Waals surface area contributed by atoms with E-state index in [0.29, 0.717) is 39.7 Å². The van der Waals surface area contributed by atoms with Crippen LogP contribution < -0.4 is 10.6 Å². The summed E-state index contributed by atoms with van der Waals surface area (Å²) in [7, 11) is 0. The first-order chi connectivity index (χ1) is 19.6. The summed E-state index contributed by atoms with van der Waals surface area (Å²) in [6, 6.07) is 10.4. The van der Waals surface area contributed by atoms with Crippen LogP contribution in [0.1, 0.15) is 49.7 Å². The van der Waals surface area contributed by atoms with Crippen molar-refractivity contribution in [1.82, 2.24) is 15.5 Å². The summed E-state index contributed by atoms with van der Waals surface area (Å²) in [5, 5.41) is 27.3. The van der Waals surface area contributed by atoms with Gasteiger partial charge in [0.05, 0.1) is 12.0 Å². The first-order valence-corrected chi connectivity index (χ1v) is 14.7. The second kappa shape index (κ2) is 10.2. The molecular weight excluding hydrogens is 598 g/mol. The molecule has 6 atom stereocenters. The summed E-state index contributed by atoms with van der Waals surface area (Å²) in [4.78, 5) is 41.7. The summed E-state index contributed by atoms with van der Waals surface area (Å²) in [5.41, 5.74) is -0.277. The van der Waals surface area contributed by atoms with Crippen LogP contribution in [0.15, 0.2) is 46.9 Å². The van der Waals surface area contributed by atoms with Crippen molar-refractivity contribution in [3.8, 4) is 17.2 Å². The summed E-state index contributed by atoms with van der Waals surface area (Å²) in [5.74, 6) is -7.09. The first kappa shape index (κ1) is 27.8. The zero-order valence-corrected chi connectivity index (χ0v) is 23.7. The van der Waals surface area contributed by atoms with Gasteiger partial charge in [0, 0.05) is 40.5 Å². The van der Waals surface area contributed by atoms with Crippen molar-refractivity contribution in [3.05, 3.63) is 58.1 Å². The molecule has 41 heavy (non-hydrogen) atoms. The molecule has 8 nitrogen and oxygen atoms in total. The first-order valence-electron chi connectivity index (χ1n) is 13.9. The van der Waals surface area contributed by atoms with Crippen molar-refractivity contribution in [2.45, 2.75) is 68.2 Å². The molecule has 0 unspecified atom stereocenters. The van der Waals surface area contributed by atoms with Gasteiger partial charge in [0.2, 0.25) is 11.8 Å². The smallest absolute Gasteiger partial charge is 0.264 e. The topological polar surface area (TPSA) is 123 Å². The van der Waals surface area contributed by atoms with Gasteiger partial charge in [0.1, 0.15) is 12.1 Å². The number of nitrogens with zero attached hydrogens (tertiary/aromatic N) is 2. The average Bonchev–Trinajstić information content (AvgIpc) is 3.21. The zero-order chi connectivity index (χ0) is 29.1. The van der Waals surface area contributed by atoms with Gasteiger partial charge in [0.15, 0.2) is 5.60 Å². The molecule has 1 saturated carbocycles. The molecule has 11 heteroatoms. The monoisotopic (exact) mass is 626 g/mol. The largest absolute Gasteiger partial charge is 0.372 e. The summed E-state index contributed by atoms with van der Waals surface area (Å²) in [6.45, 7) is 0.544. The van der Waals surface area contributed by atoms with E-state index in [0.717, 1.165) is 11.3 Å². The van der Waals surface area contributed by atoms with Gasteiger partial charge in [-0.25, -0.2) is 8.78 Å². The minimum Gasteiger partial charge on any atom is -0.372 e. The number of carbonyl (C=O) groups excluding carboxylic acids is 3. The number of piperidine rings is 3. The van der Waals surface area contributed by atoms with Crippen molar-refractivity contribution < 1.29 is 28.3 Å². The second-order valence-corrected chi connectivity index (χ2v) is 12.4. The lowest BCUT2D eigenvalue weighted by Gasteiger charge is -2.54. The highest BCUT2D eigenvalue weighted by Crippen LogP contribution is 2.54. The maximum atomic E-state index is 15.3. The van der Waals surface area contributed by atoms with Crippen LogP contribution in [0.2, 0.25) is 0 Å². The normalized spacial score (nSPS) is 30.0. The standard InChI is InChI=1S/C30H29BrF2N4O4/c31-17-7-9-21-20-5-1-2-6-22(20)30(41,24(21)13-17)28(40)37-19-8-10-23(29(32,33)14-19)25(37)27(39)36-18(15-34)12-16-4-3-11-35-26(16)38/h1-2,5-7,9,13,16,18-19,23,25,41H,3-4,8,10-12,14H2,(H,35,38)(H,36,39)/t16-,18-,19-,23-,25+,30+/m1/s1. The minimum atomic E-state index is -3.20. The zero-order valence-electron chi connectivity index (χ0n) is 22.1. The number of halogens is 3. The van der Waals surface area contributed by atoms with Crippen molar-refractivity contribution in [2.75, 3.05) is 6.54 Å². The predicted octanol–water partition coefficient (Wildman–Crippen LogP) is 3.60. The van der Waals surface area contributed by atoms with Gasteiger partial charge in [0.25, 0.3) is 11.8 Å². The third kappa shape index (κ3) is 4.43. The lowest BCUT2D eigenvalue weighted by Crippen LogP contribution is -2.70. The number of carbonyl (C=O) groups is 3.